The van der Waals surface area contributed by atoms with Crippen LogP contribution in [0.2, 0.25) is 0 Å². The Hall–Kier alpha value is -2.41. The Morgan fingerprint density at radius 2 is 1.92 bits per heavy atom. The predicted molar refractivity (Wildman–Crippen MR) is 94.7 cm³/mol. The van der Waals surface area contributed by atoms with Gasteiger partial charge >= 0.3 is 0 Å². The number of rotatable bonds is 6. The van der Waals surface area contributed by atoms with Crippen LogP contribution in [0, 0.1) is 6.92 Å². The fraction of sp³-hybridized carbons (Fsp3) is 0.294. The molecular formula is C17H21N3O3S. The molecule has 2 aromatic rings. The molecule has 0 bridgehead atoms. The quantitative estimate of drug-likeness (QED) is 0.594. The Kier molecular flexibility index (Phi) is 5.56. The number of pyridine rings is 1. The first-order valence-corrected chi connectivity index (χ1v) is 8.96. The molecule has 0 aliphatic heterocycles. The van der Waals surface area contributed by atoms with E-state index in [4.69, 9.17) is 4.84 Å². The molecule has 24 heavy (non-hydrogen) atoms. The molecule has 0 radical (unpaired) electrons. The second-order valence-corrected chi connectivity index (χ2v) is 7.20. The van der Waals surface area contributed by atoms with Crippen molar-refractivity contribution in [3.05, 3.63) is 53.9 Å². The van der Waals surface area contributed by atoms with Gasteiger partial charge in [0.2, 0.25) is 0 Å². The number of nitrogens with zero attached hydrogens (tertiary/aromatic N) is 3. The van der Waals surface area contributed by atoms with Gasteiger partial charge in [0, 0.05) is 25.7 Å². The lowest BCUT2D eigenvalue weighted by molar-refractivity contribution is 0.0728. The van der Waals surface area contributed by atoms with Gasteiger partial charge in [-0.05, 0) is 50.1 Å². The van der Waals surface area contributed by atoms with E-state index in [1.807, 2.05) is 13.0 Å². The van der Waals surface area contributed by atoms with Gasteiger partial charge < -0.3 is 4.84 Å². The van der Waals surface area contributed by atoms with Crippen molar-refractivity contribution < 1.29 is 13.3 Å². The summed E-state index contributed by atoms with van der Waals surface area (Å²) in [5.74, 6) is 0. The van der Waals surface area contributed by atoms with E-state index in [0.29, 0.717) is 11.3 Å². The minimum atomic E-state index is -3.69. The van der Waals surface area contributed by atoms with E-state index in [1.165, 1.54) is 11.4 Å². The summed E-state index contributed by atoms with van der Waals surface area (Å²) in [6.07, 6.45) is 4.32. The van der Waals surface area contributed by atoms with Crippen LogP contribution in [0.3, 0.4) is 0 Å². The summed E-state index contributed by atoms with van der Waals surface area (Å²) in [5.41, 5.74) is 1.98. The summed E-state index contributed by atoms with van der Waals surface area (Å²) in [6.45, 7) is 5.36. The monoisotopic (exact) mass is 347 g/mol. The standard InChI is InChI=1S/C17H21N3O3S/c1-5-19-23-14(3)16-7-6-8-17(13(16)2)24(21,22)20(4)15-9-11-18-12-10-15/h5-12,14H,1-4H3/b19-5+. The maximum absolute atomic E-state index is 13.0. The first kappa shape index (κ1) is 17.9. The van der Waals surface area contributed by atoms with Crippen molar-refractivity contribution in [1.82, 2.24) is 4.98 Å². The molecule has 0 amide bonds. The molecule has 0 aliphatic rings. The molecule has 0 fully saturated rings. The molecule has 1 aromatic heterocycles. The molecule has 6 nitrogen and oxygen atoms in total. The highest BCUT2D eigenvalue weighted by Gasteiger charge is 2.25. The van der Waals surface area contributed by atoms with Crippen LogP contribution in [0.1, 0.15) is 31.1 Å². The topological polar surface area (TPSA) is 71.9 Å². The van der Waals surface area contributed by atoms with E-state index in [1.54, 1.807) is 56.7 Å². The van der Waals surface area contributed by atoms with Crippen molar-refractivity contribution in [2.24, 2.45) is 5.16 Å². The van der Waals surface area contributed by atoms with Gasteiger partial charge in [0.1, 0.15) is 6.10 Å². The normalized spacial score (nSPS) is 13.0. The number of aromatic nitrogens is 1. The zero-order chi connectivity index (χ0) is 17.7. The molecule has 1 aromatic carbocycles. The van der Waals surface area contributed by atoms with Gasteiger partial charge in [0.05, 0.1) is 10.6 Å². The molecule has 1 heterocycles. The summed E-state index contributed by atoms with van der Waals surface area (Å²) < 4.78 is 27.2. The third kappa shape index (κ3) is 3.56. The van der Waals surface area contributed by atoms with Crippen molar-refractivity contribution >= 4 is 21.9 Å². The molecular weight excluding hydrogens is 326 g/mol. The van der Waals surface area contributed by atoms with Crippen molar-refractivity contribution in [3.8, 4) is 0 Å². The minimum absolute atomic E-state index is 0.246. The largest absolute Gasteiger partial charge is 0.388 e. The van der Waals surface area contributed by atoms with E-state index in [-0.39, 0.29) is 11.0 Å². The maximum Gasteiger partial charge on any atom is 0.264 e. The molecule has 1 atom stereocenters. The lowest BCUT2D eigenvalue weighted by Crippen LogP contribution is -2.27. The third-order valence-corrected chi connectivity index (χ3v) is 5.68. The SMILES string of the molecule is C/C=N/OC(C)c1cccc(S(=O)(=O)N(C)c2ccncc2)c1C. The van der Waals surface area contributed by atoms with Crippen molar-refractivity contribution in [2.75, 3.05) is 11.4 Å². The zero-order valence-electron chi connectivity index (χ0n) is 14.2. The summed E-state index contributed by atoms with van der Waals surface area (Å²) in [4.78, 5) is 9.48. The van der Waals surface area contributed by atoms with Gasteiger partial charge in [-0.2, -0.15) is 0 Å². The molecule has 1 unspecified atom stereocenters. The van der Waals surface area contributed by atoms with Gasteiger partial charge in [-0.3, -0.25) is 9.29 Å². The summed E-state index contributed by atoms with van der Waals surface area (Å²) >= 11 is 0. The Labute approximate surface area is 142 Å². The molecule has 0 spiro atoms. The van der Waals surface area contributed by atoms with Crippen molar-refractivity contribution in [2.45, 2.75) is 31.8 Å². The average molecular weight is 347 g/mol. The van der Waals surface area contributed by atoms with Gasteiger partial charge in [0.15, 0.2) is 0 Å². The fourth-order valence-electron chi connectivity index (χ4n) is 2.40. The highest BCUT2D eigenvalue weighted by Crippen LogP contribution is 2.29. The van der Waals surface area contributed by atoms with Crippen molar-refractivity contribution in [3.63, 3.8) is 0 Å². The average Bonchev–Trinajstić information content (AvgIpc) is 2.59. The Morgan fingerprint density at radius 1 is 1.25 bits per heavy atom. The minimum Gasteiger partial charge on any atom is -0.388 e. The maximum atomic E-state index is 13.0. The van der Waals surface area contributed by atoms with Crippen LogP contribution in [0.15, 0.2) is 52.8 Å². The second kappa shape index (κ2) is 7.44. The van der Waals surface area contributed by atoms with Gasteiger partial charge in [-0.1, -0.05) is 17.3 Å². The number of anilines is 1. The summed E-state index contributed by atoms with van der Waals surface area (Å²) in [7, 11) is -2.16. The Morgan fingerprint density at radius 3 is 2.54 bits per heavy atom. The Balaban J connectivity index is 2.44. The van der Waals surface area contributed by atoms with Gasteiger partial charge in [-0.15, -0.1) is 0 Å². The zero-order valence-corrected chi connectivity index (χ0v) is 15.0. The second-order valence-electron chi connectivity index (χ2n) is 5.26. The molecule has 0 saturated carbocycles. The van der Waals surface area contributed by atoms with E-state index in [9.17, 15) is 8.42 Å². The van der Waals surface area contributed by atoms with Crippen LogP contribution < -0.4 is 4.31 Å². The van der Waals surface area contributed by atoms with E-state index in [2.05, 4.69) is 10.1 Å². The fourth-order valence-corrected chi connectivity index (χ4v) is 3.85. The summed E-state index contributed by atoms with van der Waals surface area (Å²) in [5, 5.41) is 3.77. The van der Waals surface area contributed by atoms with Gasteiger partial charge in [0.25, 0.3) is 10.0 Å². The van der Waals surface area contributed by atoms with Crippen LogP contribution in [0.5, 0.6) is 0 Å². The van der Waals surface area contributed by atoms with Crippen LogP contribution >= 0.6 is 0 Å². The van der Waals surface area contributed by atoms with E-state index >= 15 is 0 Å². The van der Waals surface area contributed by atoms with Crippen LogP contribution in [-0.2, 0) is 14.9 Å². The molecule has 7 heteroatoms. The van der Waals surface area contributed by atoms with Crippen molar-refractivity contribution in [1.29, 1.82) is 0 Å². The summed E-state index contributed by atoms with van der Waals surface area (Å²) in [6, 6.07) is 8.46. The number of oxime groups is 1. The molecule has 0 saturated heterocycles. The first-order chi connectivity index (χ1) is 11.4. The number of sulfonamides is 1. The molecule has 0 N–H and O–H groups in total. The lowest BCUT2D eigenvalue weighted by Gasteiger charge is -2.22. The number of hydrogen-bond acceptors (Lipinski definition) is 5. The van der Waals surface area contributed by atoms with Crippen LogP contribution in [0.25, 0.3) is 0 Å². The molecule has 2 rings (SSSR count). The highest BCUT2D eigenvalue weighted by molar-refractivity contribution is 7.92. The number of benzene rings is 1. The van der Waals surface area contributed by atoms with E-state index < -0.39 is 10.0 Å². The van der Waals surface area contributed by atoms with Gasteiger partial charge in [-0.25, -0.2) is 8.42 Å². The lowest BCUT2D eigenvalue weighted by atomic mass is 10.0. The Bertz CT molecular complexity index is 820. The third-order valence-electron chi connectivity index (χ3n) is 3.75. The van der Waals surface area contributed by atoms with Crippen LogP contribution in [0.4, 0.5) is 5.69 Å². The smallest absolute Gasteiger partial charge is 0.264 e. The first-order valence-electron chi connectivity index (χ1n) is 7.52. The predicted octanol–water partition coefficient (Wildman–Crippen LogP) is 3.30. The number of hydrogen-bond donors (Lipinski definition) is 0. The molecule has 0 aliphatic carbocycles. The van der Waals surface area contributed by atoms with Crippen LogP contribution in [-0.4, -0.2) is 26.7 Å². The van der Waals surface area contributed by atoms with E-state index in [0.717, 1.165) is 5.56 Å². The highest BCUT2D eigenvalue weighted by atomic mass is 32.2. The molecule has 128 valence electrons.